The molecular weight excluding hydrogens is 280 g/mol. The van der Waals surface area contributed by atoms with Gasteiger partial charge in [-0.05, 0) is 74.5 Å². The van der Waals surface area contributed by atoms with Gasteiger partial charge in [0.05, 0.1) is 0 Å². The molecule has 1 saturated carbocycles. The minimum atomic E-state index is 0.463. The van der Waals surface area contributed by atoms with E-state index in [4.69, 9.17) is 12.2 Å². The van der Waals surface area contributed by atoms with Gasteiger partial charge in [-0.25, -0.2) is 0 Å². The van der Waals surface area contributed by atoms with Gasteiger partial charge in [-0.1, -0.05) is 6.07 Å². The van der Waals surface area contributed by atoms with Crippen LogP contribution >= 0.6 is 12.2 Å². The van der Waals surface area contributed by atoms with Crippen molar-refractivity contribution in [2.24, 2.45) is 5.92 Å². The Morgan fingerprint density at radius 2 is 2.10 bits per heavy atom. The van der Waals surface area contributed by atoms with Gasteiger partial charge in [0.25, 0.3) is 0 Å². The van der Waals surface area contributed by atoms with Crippen molar-refractivity contribution in [2.75, 3.05) is 11.9 Å². The van der Waals surface area contributed by atoms with Crippen molar-refractivity contribution in [2.45, 2.75) is 45.2 Å². The van der Waals surface area contributed by atoms with E-state index < -0.39 is 0 Å². The Kier molecular flexibility index (Phi) is 4.42. The molecule has 1 aromatic rings. The van der Waals surface area contributed by atoms with Gasteiger partial charge in [0.1, 0.15) is 0 Å². The molecule has 2 fully saturated rings. The number of rotatable bonds is 2. The van der Waals surface area contributed by atoms with Gasteiger partial charge in [0, 0.05) is 24.3 Å². The molecular formula is C16H24N4S. The lowest BCUT2D eigenvalue weighted by Crippen LogP contribution is -2.46. The molecule has 0 radical (unpaired) electrons. The molecule has 1 aromatic carbocycles. The smallest absolute Gasteiger partial charge is 0.170 e. The molecule has 1 heterocycles. The van der Waals surface area contributed by atoms with Crippen LogP contribution in [0.3, 0.4) is 0 Å². The average Bonchev–Trinajstić information content (AvgIpc) is 2.90. The van der Waals surface area contributed by atoms with Crippen molar-refractivity contribution in [3.8, 4) is 0 Å². The highest BCUT2D eigenvalue weighted by Crippen LogP contribution is 2.26. The minimum Gasteiger partial charge on any atom is -0.360 e. The molecule has 0 spiro atoms. The summed E-state index contributed by atoms with van der Waals surface area (Å²) in [6.07, 6.45) is 3.58. The van der Waals surface area contributed by atoms with Crippen molar-refractivity contribution >= 4 is 23.0 Å². The lowest BCUT2D eigenvalue weighted by atomic mass is 9.83. The number of aryl methyl sites for hydroxylation is 2. The van der Waals surface area contributed by atoms with Gasteiger partial charge < -0.3 is 10.6 Å². The SMILES string of the molecule is Cc1ccc(NC(=S)NC2CCC3CNNC3C2)cc1C. The van der Waals surface area contributed by atoms with Crippen molar-refractivity contribution in [1.82, 2.24) is 16.2 Å². The highest BCUT2D eigenvalue weighted by Gasteiger charge is 2.33. The average molecular weight is 304 g/mol. The zero-order chi connectivity index (χ0) is 14.8. The molecule has 3 rings (SSSR count). The first-order valence-corrected chi connectivity index (χ1v) is 8.16. The van der Waals surface area contributed by atoms with Crippen LogP contribution in [0, 0.1) is 19.8 Å². The number of thiocarbonyl (C=S) groups is 1. The van der Waals surface area contributed by atoms with Gasteiger partial charge in [0.2, 0.25) is 0 Å². The number of hydrogen-bond donors (Lipinski definition) is 4. The highest BCUT2D eigenvalue weighted by atomic mass is 32.1. The Morgan fingerprint density at radius 3 is 2.90 bits per heavy atom. The van der Waals surface area contributed by atoms with Gasteiger partial charge in [-0.15, -0.1) is 0 Å². The van der Waals surface area contributed by atoms with E-state index in [1.807, 2.05) is 0 Å². The monoisotopic (exact) mass is 304 g/mol. The Hall–Kier alpha value is -1.17. The van der Waals surface area contributed by atoms with Crippen molar-refractivity contribution in [3.63, 3.8) is 0 Å². The second-order valence-corrected chi connectivity index (χ2v) is 6.71. The number of hydrazine groups is 1. The summed E-state index contributed by atoms with van der Waals surface area (Å²) >= 11 is 5.45. The molecule has 1 aliphatic heterocycles. The maximum atomic E-state index is 5.45. The zero-order valence-electron chi connectivity index (χ0n) is 12.7. The topological polar surface area (TPSA) is 48.1 Å². The van der Waals surface area contributed by atoms with Crippen molar-refractivity contribution < 1.29 is 0 Å². The fraction of sp³-hybridized carbons (Fsp3) is 0.562. The Labute approximate surface area is 132 Å². The van der Waals surface area contributed by atoms with Crippen LogP contribution in [0.5, 0.6) is 0 Å². The molecule has 3 atom stereocenters. The maximum absolute atomic E-state index is 5.45. The van der Waals surface area contributed by atoms with Crippen LogP contribution in [-0.2, 0) is 0 Å². The first kappa shape index (κ1) is 14.8. The Morgan fingerprint density at radius 1 is 1.24 bits per heavy atom. The molecule has 0 aromatic heterocycles. The molecule has 1 aliphatic carbocycles. The summed E-state index contributed by atoms with van der Waals surface area (Å²) in [7, 11) is 0. The van der Waals surface area contributed by atoms with E-state index in [0.717, 1.165) is 29.7 Å². The molecule has 4 N–H and O–H groups in total. The van der Waals surface area contributed by atoms with Crippen LogP contribution in [0.4, 0.5) is 5.69 Å². The van der Waals surface area contributed by atoms with E-state index in [1.165, 1.54) is 24.0 Å². The Bertz CT molecular complexity index is 531. The maximum Gasteiger partial charge on any atom is 0.170 e. The van der Waals surface area contributed by atoms with E-state index in [2.05, 4.69) is 53.5 Å². The van der Waals surface area contributed by atoms with E-state index >= 15 is 0 Å². The predicted octanol–water partition coefficient (Wildman–Crippen LogP) is 2.23. The summed E-state index contributed by atoms with van der Waals surface area (Å²) in [6.45, 7) is 5.34. The first-order chi connectivity index (χ1) is 10.1. The van der Waals surface area contributed by atoms with E-state index in [1.54, 1.807) is 0 Å². The van der Waals surface area contributed by atoms with Gasteiger partial charge in [-0.3, -0.25) is 10.9 Å². The summed E-state index contributed by atoms with van der Waals surface area (Å²) in [4.78, 5) is 0. The minimum absolute atomic E-state index is 0.463. The molecule has 1 saturated heterocycles. The van der Waals surface area contributed by atoms with Crippen molar-refractivity contribution in [1.29, 1.82) is 0 Å². The van der Waals surface area contributed by atoms with E-state index in [9.17, 15) is 0 Å². The van der Waals surface area contributed by atoms with E-state index in [0.29, 0.717) is 12.1 Å². The van der Waals surface area contributed by atoms with Gasteiger partial charge in [0.15, 0.2) is 5.11 Å². The molecule has 2 aliphatic rings. The van der Waals surface area contributed by atoms with Crippen LogP contribution in [0.15, 0.2) is 18.2 Å². The molecule has 114 valence electrons. The zero-order valence-corrected chi connectivity index (χ0v) is 13.5. The van der Waals surface area contributed by atoms with Crippen LogP contribution in [-0.4, -0.2) is 23.7 Å². The largest absolute Gasteiger partial charge is 0.360 e. The lowest BCUT2D eigenvalue weighted by Gasteiger charge is -2.32. The summed E-state index contributed by atoms with van der Waals surface area (Å²) in [6, 6.07) is 7.39. The summed E-state index contributed by atoms with van der Waals surface area (Å²) in [5.41, 5.74) is 10.3. The van der Waals surface area contributed by atoms with Gasteiger partial charge in [-0.2, -0.15) is 0 Å². The normalized spacial score (nSPS) is 28.0. The fourth-order valence-corrected chi connectivity index (χ4v) is 3.56. The molecule has 3 unspecified atom stereocenters. The quantitative estimate of drug-likeness (QED) is 0.631. The van der Waals surface area contributed by atoms with Crippen molar-refractivity contribution in [3.05, 3.63) is 29.3 Å². The molecule has 21 heavy (non-hydrogen) atoms. The first-order valence-electron chi connectivity index (χ1n) is 7.75. The number of anilines is 1. The number of fused-ring (bicyclic) bond motifs is 1. The predicted molar refractivity (Wildman–Crippen MR) is 91.3 cm³/mol. The second kappa shape index (κ2) is 6.30. The van der Waals surface area contributed by atoms with E-state index in [-0.39, 0.29) is 0 Å². The summed E-state index contributed by atoms with van der Waals surface area (Å²) in [5.74, 6) is 0.782. The number of hydrogen-bond acceptors (Lipinski definition) is 3. The fourth-order valence-electron chi connectivity index (χ4n) is 3.28. The molecule has 0 amide bonds. The summed E-state index contributed by atoms with van der Waals surface area (Å²) in [5, 5.41) is 7.50. The van der Waals surface area contributed by atoms with Gasteiger partial charge >= 0.3 is 0 Å². The number of benzene rings is 1. The van der Waals surface area contributed by atoms with Crippen LogP contribution < -0.4 is 21.5 Å². The highest BCUT2D eigenvalue weighted by molar-refractivity contribution is 7.80. The Balaban J connectivity index is 1.53. The molecule has 5 heteroatoms. The lowest BCUT2D eigenvalue weighted by molar-refractivity contribution is 0.290. The third-order valence-electron chi connectivity index (χ3n) is 4.75. The second-order valence-electron chi connectivity index (χ2n) is 6.30. The number of nitrogens with one attached hydrogen (secondary N) is 4. The molecule has 0 bridgehead atoms. The molecule has 4 nitrogen and oxygen atoms in total. The van der Waals surface area contributed by atoms with Crippen LogP contribution in [0.2, 0.25) is 0 Å². The third-order valence-corrected chi connectivity index (χ3v) is 4.97. The van der Waals surface area contributed by atoms with Crippen LogP contribution in [0.25, 0.3) is 0 Å². The third kappa shape index (κ3) is 3.54. The van der Waals surface area contributed by atoms with Crippen LogP contribution in [0.1, 0.15) is 30.4 Å². The summed E-state index contributed by atoms with van der Waals surface area (Å²) < 4.78 is 0. The standard InChI is InChI=1S/C16H24N4S/c1-10-3-5-13(7-11(10)2)18-16(21)19-14-6-4-12-9-17-20-15(12)8-14/h3,5,7,12,14-15,17,20H,4,6,8-9H2,1-2H3,(H2,18,19,21).